The van der Waals surface area contributed by atoms with E-state index in [-0.39, 0.29) is 5.91 Å². The summed E-state index contributed by atoms with van der Waals surface area (Å²) in [7, 11) is 1.48. The number of halogens is 2. The van der Waals surface area contributed by atoms with Gasteiger partial charge in [0.25, 0.3) is 5.91 Å². The standard InChI is InChI=1S/C14H12Cl2N2O2/c1-20-13-6-8(17)2-4-10(13)14(19)18-9-3-5-11(15)12(16)7-9/h2-7H,17H2,1H3,(H,18,19). The third-order valence-corrected chi connectivity index (χ3v) is 3.39. The van der Waals surface area contributed by atoms with Crippen molar-refractivity contribution in [3.63, 3.8) is 0 Å². The van der Waals surface area contributed by atoms with Crippen LogP contribution in [0.25, 0.3) is 0 Å². The van der Waals surface area contributed by atoms with Crippen LogP contribution in [-0.4, -0.2) is 13.0 Å². The van der Waals surface area contributed by atoms with Gasteiger partial charge in [-0.15, -0.1) is 0 Å². The lowest BCUT2D eigenvalue weighted by atomic mass is 10.1. The topological polar surface area (TPSA) is 64.3 Å². The zero-order chi connectivity index (χ0) is 14.7. The molecule has 2 rings (SSSR count). The molecule has 4 nitrogen and oxygen atoms in total. The molecule has 1 amide bonds. The summed E-state index contributed by atoms with van der Waals surface area (Å²) >= 11 is 11.7. The van der Waals surface area contributed by atoms with Crippen molar-refractivity contribution in [3.05, 3.63) is 52.0 Å². The van der Waals surface area contributed by atoms with Crippen LogP contribution in [0.15, 0.2) is 36.4 Å². The Bertz CT molecular complexity index is 660. The molecule has 0 atom stereocenters. The Kier molecular flexibility index (Phi) is 4.37. The van der Waals surface area contributed by atoms with Gasteiger partial charge in [-0.3, -0.25) is 4.79 Å². The molecule has 0 bridgehead atoms. The molecule has 0 saturated heterocycles. The van der Waals surface area contributed by atoms with E-state index in [1.165, 1.54) is 7.11 Å². The molecule has 0 aromatic heterocycles. The van der Waals surface area contributed by atoms with Gasteiger partial charge in [-0.05, 0) is 30.3 Å². The SMILES string of the molecule is COc1cc(N)ccc1C(=O)Nc1ccc(Cl)c(Cl)c1. The molecule has 104 valence electrons. The lowest BCUT2D eigenvalue weighted by Gasteiger charge is -2.10. The molecule has 6 heteroatoms. The third-order valence-electron chi connectivity index (χ3n) is 2.65. The summed E-state index contributed by atoms with van der Waals surface area (Å²) in [6, 6.07) is 9.66. The summed E-state index contributed by atoms with van der Waals surface area (Å²) in [5.74, 6) is 0.0859. The number of nitrogens with two attached hydrogens (primary N) is 1. The van der Waals surface area contributed by atoms with Crippen molar-refractivity contribution < 1.29 is 9.53 Å². The minimum absolute atomic E-state index is 0.319. The first kappa shape index (κ1) is 14.5. The summed E-state index contributed by atoms with van der Waals surface area (Å²) in [4.78, 5) is 12.2. The van der Waals surface area contributed by atoms with Crippen molar-refractivity contribution >= 4 is 40.5 Å². The number of carbonyl (C=O) groups excluding carboxylic acids is 1. The second kappa shape index (κ2) is 6.03. The van der Waals surface area contributed by atoms with Crippen LogP contribution in [0.4, 0.5) is 11.4 Å². The van der Waals surface area contributed by atoms with E-state index in [9.17, 15) is 4.79 Å². The lowest BCUT2D eigenvalue weighted by molar-refractivity contribution is 0.102. The van der Waals surface area contributed by atoms with Gasteiger partial charge in [-0.25, -0.2) is 0 Å². The molecule has 0 aliphatic rings. The summed E-state index contributed by atoms with van der Waals surface area (Å²) in [6.07, 6.45) is 0. The van der Waals surface area contributed by atoms with Crippen LogP contribution in [0.3, 0.4) is 0 Å². The highest BCUT2D eigenvalue weighted by Gasteiger charge is 2.13. The van der Waals surface area contributed by atoms with E-state index >= 15 is 0 Å². The molecule has 0 spiro atoms. The molecule has 0 radical (unpaired) electrons. The Morgan fingerprint density at radius 3 is 2.55 bits per heavy atom. The summed E-state index contributed by atoms with van der Waals surface area (Å²) < 4.78 is 5.14. The fourth-order valence-electron chi connectivity index (χ4n) is 1.67. The Morgan fingerprint density at radius 2 is 1.90 bits per heavy atom. The predicted molar refractivity (Wildman–Crippen MR) is 81.8 cm³/mol. The first-order chi connectivity index (χ1) is 9.51. The van der Waals surface area contributed by atoms with Gasteiger partial charge in [0.1, 0.15) is 5.75 Å². The van der Waals surface area contributed by atoms with Gasteiger partial charge < -0.3 is 15.8 Å². The molecule has 0 unspecified atom stereocenters. The largest absolute Gasteiger partial charge is 0.496 e. The van der Waals surface area contributed by atoms with E-state index in [4.69, 9.17) is 33.7 Å². The van der Waals surface area contributed by atoms with E-state index < -0.39 is 0 Å². The highest BCUT2D eigenvalue weighted by atomic mass is 35.5. The fourth-order valence-corrected chi connectivity index (χ4v) is 1.97. The van der Waals surface area contributed by atoms with Crippen molar-refractivity contribution in [1.82, 2.24) is 0 Å². The second-order valence-corrected chi connectivity index (χ2v) is 4.86. The van der Waals surface area contributed by atoms with Crippen LogP contribution >= 0.6 is 23.2 Å². The average Bonchev–Trinajstić information content (AvgIpc) is 2.42. The minimum atomic E-state index is -0.319. The number of nitrogen functional groups attached to an aromatic ring is 1. The van der Waals surface area contributed by atoms with Crippen LogP contribution in [0.1, 0.15) is 10.4 Å². The number of amides is 1. The number of ether oxygens (including phenoxy) is 1. The van der Waals surface area contributed by atoms with Crippen LogP contribution in [-0.2, 0) is 0 Å². The van der Waals surface area contributed by atoms with Gasteiger partial charge in [-0.2, -0.15) is 0 Å². The Morgan fingerprint density at radius 1 is 1.15 bits per heavy atom. The van der Waals surface area contributed by atoms with E-state index in [0.717, 1.165) is 0 Å². The molecule has 0 heterocycles. The van der Waals surface area contributed by atoms with Gasteiger partial charge in [0.15, 0.2) is 0 Å². The summed E-state index contributed by atoms with van der Waals surface area (Å²) in [6.45, 7) is 0. The van der Waals surface area contributed by atoms with Crippen LogP contribution in [0.5, 0.6) is 5.75 Å². The highest BCUT2D eigenvalue weighted by molar-refractivity contribution is 6.42. The van der Waals surface area contributed by atoms with Gasteiger partial charge >= 0.3 is 0 Å². The molecule has 2 aromatic rings. The first-order valence-corrected chi connectivity index (χ1v) is 6.47. The number of nitrogens with one attached hydrogen (secondary N) is 1. The van der Waals surface area contributed by atoms with E-state index in [2.05, 4.69) is 5.32 Å². The number of anilines is 2. The van der Waals surface area contributed by atoms with Crippen molar-refractivity contribution in [3.8, 4) is 5.75 Å². The number of hydrogen-bond donors (Lipinski definition) is 2. The van der Waals surface area contributed by atoms with E-state index in [1.54, 1.807) is 36.4 Å². The second-order valence-electron chi connectivity index (χ2n) is 4.04. The Labute approximate surface area is 126 Å². The molecule has 0 aliphatic heterocycles. The molecule has 0 aliphatic carbocycles. The van der Waals surface area contributed by atoms with E-state index in [0.29, 0.717) is 32.7 Å². The molecule has 0 saturated carbocycles. The average molecular weight is 311 g/mol. The summed E-state index contributed by atoms with van der Waals surface area (Å²) in [5.41, 5.74) is 7.10. The zero-order valence-corrected chi connectivity index (χ0v) is 12.1. The van der Waals surface area contributed by atoms with Crippen molar-refractivity contribution in [2.24, 2.45) is 0 Å². The Hall–Kier alpha value is -1.91. The normalized spacial score (nSPS) is 10.2. The van der Waals surface area contributed by atoms with Crippen molar-refractivity contribution in [2.75, 3.05) is 18.2 Å². The molecular weight excluding hydrogens is 299 g/mol. The maximum atomic E-state index is 12.2. The fraction of sp³-hybridized carbons (Fsp3) is 0.0714. The van der Waals surface area contributed by atoms with Gasteiger partial charge in [0, 0.05) is 17.4 Å². The third kappa shape index (κ3) is 3.15. The molecule has 20 heavy (non-hydrogen) atoms. The van der Waals surface area contributed by atoms with Gasteiger partial charge in [0.05, 0.1) is 22.7 Å². The lowest BCUT2D eigenvalue weighted by Crippen LogP contribution is -2.13. The minimum Gasteiger partial charge on any atom is -0.496 e. The number of benzene rings is 2. The molecule has 2 aromatic carbocycles. The molecule has 0 fully saturated rings. The smallest absolute Gasteiger partial charge is 0.259 e. The van der Waals surface area contributed by atoms with Crippen LogP contribution in [0, 0.1) is 0 Å². The molecule has 3 N–H and O–H groups in total. The maximum absolute atomic E-state index is 12.2. The quantitative estimate of drug-likeness (QED) is 0.847. The monoisotopic (exact) mass is 310 g/mol. The van der Waals surface area contributed by atoms with Crippen LogP contribution < -0.4 is 15.8 Å². The highest BCUT2D eigenvalue weighted by Crippen LogP contribution is 2.26. The Balaban J connectivity index is 2.25. The van der Waals surface area contributed by atoms with Crippen LogP contribution in [0.2, 0.25) is 10.0 Å². The number of rotatable bonds is 3. The maximum Gasteiger partial charge on any atom is 0.259 e. The number of methoxy groups -OCH3 is 1. The van der Waals surface area contributed by atoms with Gasteiger partial charge in [-0.1, -0.05) is 23.2 Å². The van der Waals surface area contributed by atoms with Crippen molar-refractivity contribution in [1.29, 1.82) is 0 Å². The van der Waals surface area contributed by atoms with Gasteiger partial charge in [0.2, 0.25) is 0 Å². The predicted octanol–water partition coefficient (Wildman–Crippen LogP) is 3.84. The van der Waals surface area contributed by atoms with E-state index in [1.807, 2.05) is 0 Å². The number of hydrogen-bond acceptors (Lipinski definition) is 3. The molecular formula is C14H12Cl2N2O2. The zero-order valence-electron chi connectivity index (χ0n) is 10.6. The van der Waals surface area contributed by atoms with Crippen molar-refractivity contribution in [2.45, 2.75) is 0 Å². The number of carbonyl (C=O) groups is 1. The summed E-state index contributed by atoms with van der Waals surface area (Å²) in [5, 5.41) is 3.51. The first-order valence-electron chi connectivity index (χ1n) is 5.71.